The topological polar surface area (TPSA) is 81.7 Å². The van der Waals surface area contributed by atoms with Crippen molar-refractivity contribution in [1.82, 2.24) is 15.5 Å². The monoisotopic (exact) mass is 487 g/mol. The number of hydrogen-bond donors (Lipinski definition) is 3. The van der Waals surface area contributed by atoms with Crippen molar-refractivity contribution in [2.75, 3.05) is 13.1 Å². The number of thiophene rings is 1. The first kappa shape index (κ1) is 22.7. The van der Waals surface area contributed by atoms with Crippen molar-refractivity contribution in [1.29, 1.82) is 0 Å². The van der Waals surface area contributed by atoms with Crippen LogP contribution in [0.4, 0.5) is 0 Å². The van der Waals surface area contributed by atoms with Crippen molar-refractivity contribution in [3.63, 3.8) is 0 Å². The standard InChI is InChI=1S/C25H30ClN3O3S/c26-19-10-20(33-14-19)7-16-8-22-21-5-6-27-11-18(21)12-28-24(22)29(13-16)23(30)9-15-1-3-17(4-2-15)25(31)32/h5-6,10-11,14-17,24,27-28H,1-4,7-9,12-13H2,(H,31,32)/t15-,16?,17-,24?. The van der Waals surface area contributed by atoms with Gasteiger partial charge in [0.1, 0.15) is 6.17 Å². The Morgan fingerprint density at radius 1 is 1.21 bits per heavy atom. The highest BCUT2D eigenvalue weighted by Gasteiger charge is 2.39. The van der Waals surface area contributed by atoms with Crippen LogP contribution < -0.4 is 10.6 Å². The van der Waals surface area contributed by atoms with E-state index < -0.39 is 5.97 Å². The first-order valence-electron chi connectivity index (χ1n) is 11.8. The second-order valence-corrected chi connectivity index (χ2v) is 11.1. The first-order chi connectivity index (χ1) is 16.0. The summed E-state index contributed by atoms with van der Waals surface area (Å²) in [4.78, 5) is 28.2. The number of carbonyl (C=O) groups is 2. The molecule has 3 aliphatic heterocycles. The zero-order valence-electron chi connectivity index (χ0n) is 18.6. The van der Waals surface area contributed by atoms with Crippen LogP contribution in [0.15, 0.2) is 46.6 Å². The van der Waals surface area contributed by atoms with Crippen LogP contribution in [0.5, 0.6) is 0 Å². The van der Waals surface area contributed by atoms with Gasteiger partial charge < -0.3 is 15.3 Å². The van der Waals surface area contributed by atoms with Crippen LogP contribution in [0.2, 0.25) is 5.02 Å². The lowest BCUT2D eigenvalue weighted by Gasteiger charge is -2.46. The molecule has 176 valence electrons. The molecule has 1 aliphatic carbocycles. The number of rotatable bonds is 5. The predicted molar refractivity (Wildman–Crippen MR) is 130 cm³/mol. The molecule has 2 unspecified atom stereocenters. The van der Waals surface area contributed by atoms with E-state index in [9.17, 15) is 14.7 Å². The van der Waals surface area contributed by atoms with E-state index in [1.165, 1.54) is 21.6 Å². The minimum absolute atomic E-state index is 0.0640. The second kappa shape index (κ2) is 9.65. The van der Waals surface area contributed by atoms with Gasteiger partial charge in [-0.15, -0.1) is 11.3 Å². The maximum absolute atomic E-state index is 13.6. The van der Waals surface area contributed by atoms with E-state index in [2.05, 4.69) is 21.6 Å². The first-order valence-corrected chi connectivity index (χ1v) is 13.1. The molecule has 0 radical (unpaired) electrons. The molecule has 5 rings (SSSR count). The highest BCUT2D eigenvalue weighted by Crippen LogP contribution is 2.38. The van der Waals surface area contributed by atoms with Crippen molar-refractivity contribution < 1.29 is 14.7 Å². The quantitative estimate of drug-likeness (QED) is 0.577. The van der Waals surface area contributed by atoms with Crippen LogP contribution >= 0.6 is 22.9 Å². The van der Waals surface area contributed by atoms with Gasteiger partial charge in [0.15, 0.2) is 0 Å². The van der Waals surface area contributed by atoms with Crippen LogP contribution in [0.3, 0.4) is 0 Å². The Balaban J connectivity index is 1.35. The number of nitrogens with zero attached hydrogens (tertiary/aromatic N) is 1. The molecule has 4 heterocycles. The minimum atomic E-state index is -0.700. The number of carboxylic acid groups (broad SMARTS) is 1. The van der Waals surface area contributed by atoms with Gasteiger partial charge in [-0.05, 0) is 79.2 Å². The third kappa shape index (κ3) is 4.91. The Kier molecular flexibility index (Phi) is 6.63. The normalized spacial score (nSPS) is 29.1. The van der Waals surface area contributed by atoms with Gasteiger partial charge in [0.05, 0.1) is 10.9 Å². The maximum atomic E-state index is 13.6. The van der Waals surface area contributed by atoms with Gasteiger partial charge >= 0.3 is 5.97 Å². The Bertz CT molecular complexity index is 1020. The molecule has 8 heteroatoms. The summed E-state index contributed by atoms with van der Waals surface area (Å²) in [6, 6.07) is 2.04. The number of likely N-dealkylation sites (tertiary alicyclic amines) is 1. The van der Waals surface area contributed by atoms with Gasteiger partial charge in [0, 0.05) is 42.2 Å². The maximum Gasteiger partial charge on any atom is 0.306 e. The van der Waals surface area contributed by atoms with E-state index in [-0.39, 0.29) is 23.9 Å². The number of allylic oxidation sites excluding steroid dienone is 1. The Hall–Kier alpha value is -2.09. The number of carbonyl (C=O) groups excluding carboxylic acids is 1. The average Bonchev–Trinajstić information content (AvgIpc) is 3.23. The number of aliphatic carboxylic acids is 1. The van der Waals surface area contributed by atoms with Crippen molar-refractivity contribution >= 4 is 34.8 Å². The third-order valence-electron chi connectivity index (χ3n) is 7.48. The largest absolute Gasteiger partial charge is 0.481 e. The fourth-order valence-electron chi connectivity index (χ4n) is 5.79. The molecule has 1 aromatic rings. The molecule has 1 saturated heterocycles. The van der Waals surface area contributed by atoms with Crippen molar-refractivity contribution in [2.24, 2.45) is 17.8 Å². The summed E-state index contributed by atoms with van der Waals surface area (Å²) in [6.45, 7) is 1.47. The van der Waals surface area contributed by atoms with Gasteiger partial charge in [-0.25, -0.2) is 0 Å². The van der Waals surface area contributed by atoms with Gasteiger partial charge in [-0.2, -0.15) is 0 Å². The zero-order valence-corrected chi connectivity index (χ0v) is 20.1. The number of amides is 1. The minimum Gasteiger partial charge on any atom is -0.481 e. The molecule has 1 aromatic heterocycles. The summed E-state index contributed by atoms with van der Waals surface area (Å²) in [6.07, 6.45) is 11.4. The highest BCUT2D eigenvalue weighted by atomic mass is 35.5. The number of carboxylic acids is 1. The zero-order chi connectivity index (χ0) is 22.9. The van der Waals surface area contributed by atoms with Crippen molar-refractivity contribution in [2.45, 2.75) is 51.1 Å². The Morgan fingerprint density at radius 2 is 2.03 bits per heavy atom. The summed E-state index contributed by atoms with van der Waals surface area (Å²) >= 11 is 7.85. The molecule has 1 saturated carbocycles. The van der Waals surface area contributed by atoms with E-state index >= 15 is 0 Å². The summed E-state index contributed by atoms with van der Waals surface area (Å²) in [7, 11) is 0. The van der Waals surface area contributed by atoms with Crippen molar-refractivity contribution in [3.8, 4) is 0 Å². The molecule has 0 spiro atoms. The van der Waals surface area contributed by atoms with Crippen LogP contribution in [-0.2, 0) is 16.0 Å². The molecule has 4 aliphatic rings. The summed E-state index contributed by atoms with van der Waals surface area (Å²) in [5.41, 5.74) is 3.79. The number of dihydropyridines is 1. The van der Waals surface area contributed by atoms with E-state index in [0.29, 0.717) is 25.2 Å². The number of piperidine rings is 1. The lowest BCUT2D eigenvalue weighted by molar-refractivity contribution is -0.143. The van der Waals surface area contributed by atoms with Crippen molar-refractivity contribution in [3.05, 3.63) is 56.5 Å². The Morgan fingerprint density at radius 3 is 2.76 bits per heavy atom. The number of halogens is 1. The summed E-state index contributed by atoms with van der Waals surface area (Å²) < 4.78 is 0. The molecule has 1 amide bonds. The van der Waals surface area contributed by atoms with Gasteiger partial charge in [-0.1, -0.05) is 11.6 Å². The molecule has 3 N–H and O–H groups in total. The van der Waals surface area contributed by atoms with E-state index in [1.54, 1.807) is 11.3 Å². The van der Waals surface area contributed by atoms with Crippen LogP contribution in [-0.4, -0.2) is 41.1 Å². The SMILES string of the molecule is O=C(C[C@H]1CC[C@H](C(=O)O)CC1)N1CC(Cc2cc(Cl)cs2)CC2=C3C=CNC=C3CNC21. The predicted octanol–water partition coefficient (Wildman–Crippen LogP) is 4.30. The van der Waals surface area contributed by atoms with Crippen LogP contribution in [0.25, 0.3) is 0 Å². The third-order valence-corrected chi connectivity index (χ3v) is 8.78. The molecule has 33 heavy (non-hydrogen) atoms. The second-order valence-electron chi connectivity index (χ2n) is 9.70. The Labute approximate surface area is 203 Å². The molecular formula is C25H30ClN3O3S. The lowest BCUT2D eigenvalue weighted by atomic mass is 9.79. The smallest absolute Gasteiger partial charge is 0.306 e. The summed E-state index contributed by atoms with van der Waals surface area (Å²) in [5, 5.41) is 18.8. The van der Waals surface area contributed by atoms with E-state index in [4.69, 9.17) is 11.6 Å². The molecular weight excluding hydrogens is 458 g/mol. The van der Waals surface area contributed by atoms with Crippen LogP contribution in [0, 0.1) is 17.8 Å². The number of nitrogens with one attached hydrogen (secondary N) is 2. The molecule has 0 bridgehead atoms. The molecule has 2 fully saturated rings. The molecule has 2 atom stereocenters. The van der Waals surface area contributed by atoms with Gasteiger partial charge in [0.2, 0.25) is 5.91 Å². The van der Waals surface area contributed by atoms with Crippen LogP contribution in [0.1, 0.15) is 43.4 Å². The van der Waals surface area contributed by atoms with Gasteiger partial charge in [-0.3, -0.25) is 14.9 Å². The molecule has 0 aromatic carbocycles. The highest BCUT2D eigenvalue weighted by molar-refractivity contribution is 7.10. The fourth-order valence-corrected chi connectivity index (χ4v) is 6.98. The van der Waals surface area contributed by atoms with E-state index in [1.807, 2.05) is 23.8 Å². The average molecular weight is 488 g/mol. The molecule has 6 nitrogen and oxygen atoms in total. The fraction of sp³-hybridized carbons (Fsp3) is 0.520. The number of fused-ring (bicyclic) bond motifs is 2. The van der Waals surface area contributed by atoms with Gasteiger partial charge in [0.25, 0.3) is 0 Å². The number of hydrogen-bond acceptors (Lipinski definition) is 5. The van der Waals surface area contributed by atoms with E-state index in [0.717, 1.165) is 43.8 Å². The lowest BCUT2D eigenvalue weighted by Crippen LogP contribution is -2.57. The summed E-state index contributed by atoms with van der Waals surface area (Å²) in [5.74, 6) is -0.146.